The average molecular weight is 380 g/mol. The minimum absolute atomic E-state index is 0.0514. The minimum atomic E-state index is -0.131. The Labute approximate surface area is 164 Å². The van der Waals surface area contributed by atoms with Gasteiger partial charge in [0.1, 0.15) is 5.75 Å². The number of carbonyl (C=O) groups excluding carboxylic acids is 1. The van der Waals surface area contributed by atoms with Crippen LogP contribution in [-0.4, -0.2) is 48.7 Å². The second-order valence-corrected chi connectivity index (χ2v) is 6.69. The van der Waals surface area contributed by atoms with Gasteiger partial charge in [0.15, 0.2) is 5.82 Å². The number of hydrogen-bond donors (Lipinski definition) is 1. The molecule has 7 heteroatoms. The predicted molar refractivity (Wildman–Crippen MR) is 106 cm³/mol. The highest BCUT2D eigenvalue weighted by Gasteiger charge is 2.16. The van der Waals surface area contributed by atoms with Crippen molar-refractivity contribution in [2.45, 2.75) is 13.0 Å². The van der Waals surface area contributed by atoms with Crippen LogP contribution < -0.4 is 10.1 Å². The number of rotatable bonds is 7. The fourth-order valence-electron chi connectivity index (χ4n) is 2.89. The van der Waals surface area contributed by atoms with Crippen LogP contribution in [0.2, 0.25) is 0 Å². The molecule has 1 heterocycles. The third-order valence-corrected chi connectivity index (χ3v) is 4.50. The third-order valence-electron chi connectivity index (χ3n) is 4.50. The van der Waals surface area contributed by atoms with Crippen molar-refractivity contribution in [3.05, 3.63) is 65.5 Å². The molecule has 1 unspecified atom stereocenters. The molecule has 1 N–H and O–H groups in total. The molecule has 146 valence electrons. The molecule has 0 aliphatic carbocycles. The second kappa shape index (κ2) is 8.67. The number of methoxy groups -OCH3 is 1. The number of nitrogens with one attached hydrogen (secondary N) is 1. The number of aromatic nitrogens is 2. The van der Waals surface area contributed by atoms with E-state index in [1.54, 1.807) is 38.3 Å². The first-order valence-electron chi connectivity index (χ1n) is 8.97. The lowest BCUT2D eigenvalue weighted by atomic mass is 10.1. The van der Waals surface area contributed by atoms with Gasteiger partial charge in [0.05, 0.1) is 13.2 Å². The molecule has 0 aliphatic rings. The first kappa shape index (κ1) is 19.6. The molecule has 0 saturated carbocycles. The molecule has 0 fully saturated rings. The maximum absolute atomic E-state index is 12.6. The van der Waals surface area contributed by atoms with E-state index in [-0.39, 0.29) is 11.9 Å². The van der Waals surface area contributed by atoms with Crippen molar-refractivity contribution in [3.63, 3.8) is 0 Å². The van der Waals surface area contributed by atoms with Crippen LogP contribution in [0.25, 0.3) is 11.5 Å². The van der Waals surface area contributed by atoms with Crippen LogP contribution in [-0.2, 0) is 0 Å². The highest BCUT2D eigenvalue weighted by molar-refractivity contribution is 5.94. The van der Waals surface area contributed by atoms with Gasteiger partial charge >= 0.3 is 0 Å². The van der Waals surface area contributed by atoms with Crippen LogP contribution in [0.5, 0.6) is 5.75 Å². The fraction of sp³-hybridized carbons (Fsp3) is 0.286. The van der Waals surface area contributed by atoms with E-state index in [9.17, 15) is 4.79 Å². The number of likely N-dealkylation sites (N-methyl/N-ethyl adjacent to an activating group) is 1. The SMILES string of the molecule is COc1ccc(C(CNC(=O)c2ccc(-c3nc(C)no3)cc2)N(C)C)cc1. The van der Waals surface area contributed by atoms with Crippen LogP contribution in [0.4, 0.5) is 0 Å². The van der Waals surface area contributed by atoms with Gasteiger partial charge in [-0.15, -0.1) is 0 Å². The van der Waals surface area contributed by atoms with Crippen molar-refractivity contribution in [2.24, 2.45) is 0 Å². The maximum atomic E-state index is 12.6. The molecular formula is C21H24N4O3. The highest BCUT2D eigenvalue weighted by atomic mass is 16.5. The monoisotopic (exact) mass is 380 g/mol. The summed E-state index contributed by atoms with van der Waals surface area (Å²) in [6.07, 6.45) is 0. The molecule has 0 aliphatic heterocycles. The number of amides is 1. The quantitative estimate of drug-likeness (QED) is 0.678. The zero-order valence-electron chi connectivity index (χ0n) is 16.5. The van der Waals surface area contributed by atoms with Crippen LogP contribution >= 0.6 is 0 Å². The molecule has 7 nitrogen and oxygen atoms in total. The smallest absolute Gasteiger partial charge is 0.257 e. The van der Waals surface area contributed by atoms with Crippen molar-refractivity contribution in [2.75, 3.05) is 27.7 Å². The minimum Gasteiger partial charge on any atom is -0.497 e. The van der Waals surface area contributed by atoms with Crippen molar-refractivity contribution in [1.29, 1.82) is 0 Å². The zero-order chi connectivity index (χ0) is 20.1. The summed E-state index contributed by atoms with van der Waals surface area (Å²) in [5.74, 6) is 1.69. The molecule has 28 heavy (non-hydrogen) atoms. The van der Waals surface area contributed by atoms with Crippen LogP contribution in [0.3, 0.4) is 0 Å². The Morgan fingerprint density at radius 1 is 1.14 bits per heavy atom. The van der Waals surface area contributed by atoms with Gasteiger partial charge in [-0.05, 0) is 63.0 Å². The lowest BCUT2D eigenvalue weighted by molar-refractivity contribution is 0.0942. The molecule has 3 rings (SSSR count). The standard InChI is InChI=1S/C21H24N4O3/c1-14-23-21(28-24-14)17-7-5-16(6-8-17)20(26)22-13-19(25(2)3)15-9-11-18(27-4)12-10-15/h5-12,19H,13H2,1-4H3,(H,22,26). The lowest BCUT2D eigenvalue weighted by Gasteiger charge is -2.25. The topological polar surface area (TPSA) is 80.5 Å². The number of ether oxygens (including phenoxy) is 1. The molecule has 0 radical (unpaired) electrons. The van der Waals surface area contributed by atoms with Gasteiger partial charge in [0.2, 0.25) is 0 Å². The molecule has 1 atom stereocenters. The summed E-state index contributed by atoms with van der Waals surface area (Å²) in [6, 6.07) is 15.0. The Bertz CT molecular complexity index is 918. The molecule has 0 spiro atoms. The van der Waals surface area contributed by atoms with E-state index in [0.717, 1.165) is 16.9 Å². The lowest BCUT2D eigenvalue weighted by Crippen LogP contribution is -2.34. The van der Waals surface area contributed by atoms with E-state index < -0.39 is 0 Å². The first-order chi connectivity index (χ1) is 13.5. The number of hydrogen-bond acceptors (Lipinski definition) is 6. The molecule has 1 amide bonds. The van der Waals surface area contributed by atoms with Gasteiger partial charge in [-0.1, -0.05) is 17.3 Å². The van der Waals surface area contributed by atoms with Crippen molar-refractivity contribution >= 4 is 5.91 Å². The summed E-state index contributed by atoms with van der Waals surface area (Å²) in [7, 11) is 5.62. The van der Waals surface area contributed by atoms with E-state index in [1.807, 2.05) is 38.4 Å². The van der Waals surface area contributed by atoms with E-state index in [1.165, 1.54) is 0 Å². The Balaban J connectivity index is 1.65. The summed E-state index contributed by atoms with van der Waals surface area (Å²) < 4.78 is 10.4. The van der Waals surface area contributed by atoms with Crippen LogP contribution in [0, 0.1) is 6.92 Å². The Morgan fingerprint density at radius 2 is 1.82 bits per heavy atom. The highest BCUT2D eigenvalue weighted by Crippen LogP contribution is 2.21. The maximum Gasteiger partial charge on any atom is 0.257 e. The summed E-state index contributed by atoms with van der Waals surface area (Å²) in [4.78, 5) is 18.8. The summed E-state index contributed by atoms with van der Waals surface area (Å²) in [5.41, 5.74) is 2.46. The van der Waals surface area contributed by atoms with Crippen molar-refractivity contribution in [3.8, 4) is 17.2 Å². The molecule has 1 aromatic heterocycles. The Morgan fingerprint density at radius 3 is 2.36 bits per heavy atom. The normalized spacial score (nSPS) is 12.0. The number of carbonyl (C=O) groups is 1. The largest absolute Gasteiger partial charge is 0.497 e. The average Bonchev–Trinajstić information content (AvgIpc) is 3.14. The summed E-state index contributed by atoms with van der Waals surface area (Å²) >= 11 is 0. The van der Waals surface area contributed by atoms with Crippen LogP contribution in [0.1, 0.15) is 27.8 Å². The molecule has 0 saturated heterocycles. The summed E-state index contributed by atoms with van der Waals surface area (Å²) in [6.45, 7) is 2.25. The van der Waals surface area contributed by atoms with Crippen molar-refractivity contribution in [1.82, 2.24) is 20.4 Å². The van der Waals surface area contributed by atoms with E-state index in [4.69, 9.17) is 9.26 Å². The van der Waals surface area contributed by atoms with Crippen molar-refractivity contribution < 1.29 is 14.1 Å². The molecule has 0 bridgehead atoms. The zero-order valence-corrected chi connectivity index (χ0v) is 16.5. The first-order valence-corrected chi connectivity index (χ1v) is 8.97. The van der Waals surface area contributed by atoms with Gasteiger partial charge in [-0.3, -0.25) is 4.79 Å². The number of nitrogens with zero attached hydrogens (tertiary/aromatic N) is 3. The van der Waals surface area contributed by atoms with Gasteiger partial charge in [-0.25, -0.2) is 0 Å². The third kappa shape index (κ3) is 4.55. The van der Waals surface area contributed by atoms with Crippen LogP contribution in [0.15, 0.2) is 53.1 Å². The second-order valence-electron chi connectivity index (χ2n) is 6.69. The Hall–Kier alpha value is -3.19. The van der Waals surface area contributed by atoms with Gasteiger partial charge < -0.3 is 19.5 Å². The van der Waals surface area contributed by atoms with E-state index in [2.05, 4.69) is 20.4 Å². The molecular weight excluding hydrogens is 356 g/mol. The summed E-state index contributed by atoms with van der Waals surface area (Å²) in [5, 5.41) is 6.79. The van der Waals surface area contributed by atoms with Gasteiger partial charge in [0.25, 0.3) is 11.8 Å². The fourth-order valence-corrected chi connectivity index (χ4v) is 2.89. The van der Waals surface area contributed by atoms with E-state index in [0.29, 0.717) is 23.8 Å². The van der Waals surface area contributed by atoms with Gasteiger partial charge in [-0.2, -0.15) is 4.98 Å². The number of aryl methyl sites for hydroxylation is 1. The Kier molecular flexibility index (Phi) is 6.06. The predicted octanol–water partition coefficient (Wildman–Crippen LogP) is 3.09. The van der Waals surface area contributed by atoms with E-state index >= 15 is 0 Å². The molecule has 2 aromatic carbocycles. The van der Waals surface area contributed by atoms with Gasteiger partial charge in [0, 0.05) is 17.7 Å². The molecule has 3 aromatic rings. The number of benzene rings is 2.